The second-order valence-electron chi connectivity index (χ2n) is 3.25. The van der Waals surface area contributed by atoms with E-state index in [-0.39, 0.29) is 6.10 Å². The van der Waals surface area contributed by atoms with Gasteiger partial charge in [0, 0.05) is 22.0 Å². The van der Waals surface area contributed by atoms with Crippen LogP contribution in [0.25, 0.3) is 0 Å². The van der Waals surface area contributed by atoms with Crippen LogP contribution in [0.1, 0.15) is 26.2 Å². The van der Waals surface area contributed by atoms with Crippen molar-refractivity contribution in [1.29, 1.82) is 0 Å². The van der Waals surface area contributed by atoms with E-state index in [9.17, 15) is 0 Å². The number of nitrogens with one attached hydrogen (secondary N) is 1. The molecule has 13 heavy (non-hydrogen) atoms. The summed E-state index contributed by atoms with van der Waals surface area (Å²) in [5, 5.41) is 4.64. The highest BCUT2D eigenvalue weighted by Gasteiger charge is 2.23. The van der Waals surface area contributed by atoms with Crippen LogP contribution in [0.3, 0.4) is 0 Å². The lowest BCUT2D eigenvalue weighted by atomic mass is 10.0. The minimum Gasteiger partial charge on any atom is -0.372 e. The Kier molecular flexibility index (Phi) is 1.79. The van der Waals surface area contributed by atoms with Crippen LogP contribution in [0.4, 0.5) is 0 Å². The summed E-state index contributed by atoms with van der Waals surface area (Å²) in [7, 11) is 0. The number of hydrogen-bond acceptors (Lipinski definition) is 3. The van der Waals surface area contributed by atoms with Gasteiger partial charge in [0.15, 0.2) is 0 Å². The predicted molar refractivity (Wildman–Crippen MR) is 55.4 cm³/mol. The third kappa shape index (κ3) is 1.64. The van der Waals surface area contributed by atoms with Gasteiger partial charge in [0.05, 0.1) is 12.7 Å². The zero-order chi connectivity index (χ0) is 11.8. The van der Waals surface area contributed by atoms with Crippen LogP contribution >= 0.6 is 11.3 Å². The monoisotopic (exact) mass is 200 g/mol. The average molecular weight is 200 g/mol. The summed E-state index contributed by atoms with van der Waals surface area (Å²) in [5.74, 6) is 0. The molecule has 0 radical (unpaired) electrons. The Morgan fingerprint density at radius 3 is 3.62 bits per heavy atom. The molecule has 0 amide bonds. The molecule has 72 valence electrons. The van der Waals surface area contributed by atoms with Crippen molar-refractivity contribution in [3.05, 3.63) is 21.4 Å². The van der Waals surface area contributed by atoms with Crippen LogP contribution in [0, 0.1) is 6.92 Å². The number of ether oxygens (including phenoxy) is 1. The van der Waals surface area contributed by atoms with Crippen LogP contribution < -0.4 is 5.32 Å². The Hall–Kier alpha value is -0.380. The SMILES string of the molecule is [2H]C([2H])([2H])NC[C@@H]1OCCc2scc(C)c21. The van der Waals surface area contributed by atoms with Crippen molar-refractivity contribution in [2.24, 2.45) is 0 Å². The van der Waals surface area contributed by atoms with E-state index < -0.39 is 6.98 Å². The van der Waals surface area contributed by atoms with Gasteiger partial charge in [-0.05, 0) is 30.4 Å². The second kappa shape index (κ2) is 3.78. The summed E-state index contributed by atoms with van der Waals surface area (Å²) in [6.07, 6.45) is 0.827. The largest absolute Gasteiger partial charge is 0.372 e. The summed E-state index contributed by atoms with van der Waals surface area (Å²) in [4.78, 5) is 1.33. The maximum Gasteiger partial charge on any atom is 0.0962 e. The zero-order valence-electron chi connectivity index (χ0n) is 10.6. The molecule has 1 aliphatic rings. The molecule has 2 nitrogen and oxygen atoms in total. The van der Waals surface area contributed by atoms with Crippen LogP contribution in [-0.4, -0.2) is 20.1 Å². The lowest BCUT2D eigenvalue weighted by Crippen LogP contribution is -2.24. The molecule has 0 saturated heterocycles. The first kappa shape index (κ1) is 6.17. The van der Waals surface area contributed by atoms with E-state index in [2.05, 4.69) is 10.7 Å². The van der Waals surface area contributed by atoms with E-state index in [1.165, 1.54) is 16.0 Å². The molecule has 0 aromatic carbocycles. The molecule has 3 heteroatoms. The number of likely N-dealkylation sites (N-methyl/N-ethyl adjacent to an activating group) is 1. The van der Waals surface area contributed by atoms with Crippen molar-refractivity contribution in [3.63, 3.8) is 0 Å². The number of thiophene rings is 1. The molecule has 1 N–H and O–H groups in total. The molecule has 2 rings (SSSR count). The summed E-state index contributed by atoms with van der Waals surface area (Å²) >= 11 is 1.74. The van der Waals surface area contributed by atoms with Gasteiger partial charge in [0.25, 0.3) is 0 Å². The quantitative estimate of drug-likeness (QED) is 0.787. The maximum atomic E-state index is 7.12. The molecule has 0 aliphatic carbocycles. The van der Waals surface area contributed by atoms with Gasteiger partial charge in [-0.15, -0.1) is 11.3 Å². The Labute approximate surface area is 87.1 Å². The molecule has 0 unspecified atom stereocenters. The third-order valence-electron chi connectivity index (χ3n) is 2.36. The smallest absolute Gasteiger partial charge is 0.0962 e. The number of hydrogen-bond donors (Lipinski definition) is 1. The zero-order valence-corrected chi connectivity index (χ0v) is 8.41. The molecule has 0 saturated carbocycles. The van der Waals surface area contributed by atoms with Crippen molar-refractivity contribution in [1.82, 2.24) is 5.32 Å². The van der Waals surface area contributed by atoms with Gasteiger partial charge >= 0.3 is 0 Å². The van der Waals surface area contributed by atoms with E-state index in [0.29, 0.717) is 13.2 Å². The normalized spacial score (nSPS) is 25.9. The number of fused-ring (bicyclic) bond motifs is 1. The molecule has 0 spiro atoms. The standard InChI is InChI=1S/C10H15NOS/c1-7-6-13-9-3-4-12-8(5-11-2)10(7)9/h6,8,11H,3-5H2,1-2H3/t8-/m0/s1/i2D3. The Morgan fingerprint density at radius 2 is 2.77 bits per heavy atom. The van der Waals surface area contributed by atoms with Crippen molar-refractivity contribution in [2.75, 3.05) is 20.1 Å². The van der Waals surface area contributed by atoms with Crippen molar-refractivity contribution in [2.45, 2.75) is 19.4 Å². The molecule has 0 bridgehead atoms. The maximum absolute atomic E-state index is 7.12. The topological polar surface area (TPSA) is 21.3 Å². The second-order valence-corrected chi connectivity index (χ2v) is 4.21. The van der Waals surface area contributed by atoms with Crippen LogP contribution in [0.15, 0.2) is 5.38 Å². The van der Waals surface area contributed by atoms with Gasteiger partial charge in [-0.2, -0.15) is 0 Å². The van der Waals surface area contributed by atoms with E-state index in [4.69, 9.17) is 8.85 Å². The van der Waals surface area contributed by atoms with E-state index in [1.54, 1.807) is 11.3 Å². The molecular formula is C10H15NOS. The van der Waals surface area contributed by atoms with Gasteiger partial charge in [-0.1, -0.05) is 0 Å². The predicted octanol–water partition coefficient (Wildman–Crippen LogP) is 1.89. The van der Waals surface area contributed by atoms with Gasteiger partial charge in [-0.25, -0.2) is 0 Å². The molecular weight excluding hydrogens is 182 g/mol. The first-order chi connectivity index (χ1) is 7.47. The molecule has 1 atom stereocenters. The summed E-state index contributed by atoms with van der Waals surface area (Å²) in [6, 6.07) is 0. The highest BCUT2D eigenvalue weighted by Crippen LogP contribution is 2.33. The first-order valence-corrected chi connectivity index (χ1v) is 5.29. The lowest BCUT2D eigenvalue weighted by molar-refractivity contribution is 0.0447. The van der Waals surface area contributed by atoms with E-state index >= 15 is 0 Å². The van der Waals surface area contributed by atoms with Crippen LogP contribution in [0.2, 0.25) is 0 Å². The first-order valence-electron chi connectivity index (χ1n) is 5.91. The number of aryl methyl sites for hydroxylation is 1. The Morgan fingerprint density at radius 1 is 1.85 bits per heavy atom. The van der Waals surface area contributed by atoms with Crippen LogP contribution in [0.5, 0.6) is 0 Å². The summed E-state index contributed by atoms with van der Waals surface area (Å²) in [5.41, 5.74) is 2.39. The molecule has 2 heterocycles. The van der Waals surface area contributed by atoms with Gasteiger partial charge < -0.3 is 10.1 Å². The summed E-state index contributed by atoms with van der Waals surface area (Å²) < 4.78 is 27.0. The Bertz CT molecular complexity index is 375. The molecule has 1 aromatic heterocycles. The third-order valence-corrected chi connectivity index (χ3v) is 3.54. The highest BCUT2D eigenvalue weighted by molar-refractivity contribution is 7.10. The van der Waals surface area contributed by atoms with E-state index in [0.717, 1.165) is 6.42 Å². The number of rotatable bonds is 2. The fourth-order valence-corrected chi connectivity index (χ4v) is 2.83. The molecule has 1 aliphatic heterocycles. The van der Waals surface area contributed by atoms with Crippen LogP contribution in [-0.2, 0) is 11.2 Å². The minimum atomic E-state index is -2.09. The molecule has 1 aromatic rings. The van der Waals surface area contributed by atoms with E-state index in [1.807, 2.05) is 6.92 Å². The highest BCUT2D eigenvalue weighted by atomic mass is 32.1. The lowest BCUT2D eigenvalue weighted by Gasteiger charge is -2.24. The average Bonchev–Trinajstić information content (AvgIpc) is 2.57. The van der Waals surface area contributed by atoms with Crippen molar-refractivity contribution >= 4 is 11.3 Å². The van der Waals surface area contributed by atoms with Gasteiger partial charge in [0.1, 0.15) is 0 Å². The van der Waals surface area contributed by atoms with Gasteiger partial charge in [-0.3, -0.25) is 0 Å². The van der Waals surface area contributed by atoms with Crippen molar-refractivity contribution in [3.8, 4) is 0 Å². The fraction of sp³-hybridized carbons (Fsp3) is 0.600. The fourth-order valence-electron chi connectivity index (χ4n) is 1.76. The molecule has 0 fully saturated rings. The van der Waals surface area contributed by atoms with Crippen molar-refractivity contribution < 1.29 is 8.85 Å². The van der Waals surface area contributed by atoms with Gasteiger partial charge in [0.2, 0.25) is 0 Å². The Balaban J connectivity index is 2.10. The minimum absolute atomic E-state index is 0.115. The summed E-state index contributed by atoms with van der Waals surface area (Å²) in [6.45, 7) is 0.985.